The van der Waals surface area contributed by atoms with Crippen LogP contribution >= 0.6 is 11.8 Å². The Kier molecular flexibility index (Phi) is 4.77. The summed E-state index contributed by atoms with van der Waals surface area (Å²) < 4.78 is 5.94. The van der Waals surface area contributed by atoms with Gasteiger partial charge >= 0.3 is 0 Å². The molecule has 0 atom stereocenters. The molecule has 2 rings (SSSR count). The molecule has 0 aliphatic heterocycles. The lowest BCUT2D eigenvalue weighted by molar-refractivity contribution is 0.476. The van der Waals surface area contributed by atoms with Crippen molar-refractivity contribution in [3.05, 3.63) is 47.0 Å². The van der Waals surface area contributed by atoms with Crippen molar-refractivity contribution >= 4 is 17.4 Å². The van der Waals surface area contributed by atoms with Gasteiger partial charge in [-0.2, -0.15) is 5.26 Å². The van der Waals surface area contributed by atoms with Crippen LogP contribution in [0.4, 0.5) is 5.69 Å². The topological polar surface area (TPSA) is 59.0 Å². The van der Waals surface area contributed by atoms with E-state index in [1.165, 1.54) is 0 Å². The predicted octanol–water partition coefficient (Wildman–Crippen LogP) is 4.66. The zero-order valence-corrected chi connectivity index (χ0v) is 13.3. The van der Waals surface area contributed by atoms with Gasteiger partial charge in [-0.05, 0) is 42.9 Å². The molecule has 0 saturated heterocycles. The van der Waals surface area contributed by atoms with Crippen LogP contribution in [0.5, 0.6) is 11.5 Å². The fourth-order valence-corrected chi connectivity index (χ4v) is 2.83. The lowest BCUT2D eigenvalue weighted by atomic mass is 10.1. The highest BCUT2D eigenvalue weighted by atomic mass is 32.2. The number of thioether (sulfide) groups is 1. The number of aryl methyl sites for hydroxylation is 2. The van der Waals surface area contributed by atoms with E-state index in [-0.39, 0.29) is 0 Å². The average molecular weight is 298 g/mol. The van der Waals surface area contributed by atoms with Crippen LogP contribution in [0.15, 0.2) is 35.2 Å². The van der Waals surface area contributed by atoms with Gasteiger partial charge in [-0.15, -0.1) is 11.8 Å². The molecule has 0 saturated carbocycles. The summed E-state index contributed by atoms with van der Waals surface area (Å²) in [5.74, 6) is 2.17. The molecule has 3 nitrogen and oxygen atoms in total. The van der Waals surface area contributed by atoms with Crippen LogP contribution in [0.25, 0.3) is 0 Å². The first-order valence-electron chi connectivity index (χ1n) is 6.77. The van der Waals surface area contributed by atoms with Gasteiger partial charge in [0.15, 0.2) is 0 Å². The molecule has 0 aromatic heterocycles. The normalized spacial score (nSPS) is 10.2. The minimum atomic E-state index is 0.572. The van der Waals surface area contributed by atoms with Crippen molar-refractivity contribution in [1.82, 2.24) is 0 Å². The van der Waals surface area contributed by atoms with Gasteiger partial charge in [-0.3, -0.25) is 0 Å². The summed E-state index contributed by atoms with van der Waals surface area (Å²) in [6.45, 7) is 5.99. The molecule has 4 heteroatoms. The van der Waals surface area contributed by atoms with E-state index in [1.54, 1.807) is 11.8 Å². The number of rotatable bonds is 4. The molecule has 0 amide bonds. The summed E-state index contributed by atoms with van der Waals surface area (Å²) in [4.78, 5) is 0.940. The molecule has 21 heavy (non-hydrogen) atoms. The number of benzene rings is 2. The summed E-state index contributed by atoms with van der Waals surface area (Å²) in [7, 11) is 0. The van der Waals surface area contributed by atoms with Crippen LogP contribution in [-0.4, -0.2) is 5.75 Å². The third kappa shape index (κ3) is 3.32. The van der Waals surface area contributed by atoms with Crippen LogP contribution in [0.2, 0.25) is 0 Å². The van der Waals surface area contributed by atoms with Gasteiger partial charge in [-0.25, -0.2) is 0 Å². The smallest absolute Gasteiger partial charge is 0.146 e. The zero-order valence-electron chi connectivity index (χ0n) is 12.4. The summed E-state index contributed by atoms with van der Waals surface area (Å²) in [5.41, 5.74) is 9.23. The number of anilines is 1. The summed E-state index contributed by atoms with van der Waals surface area (Å²) in [6, 6.07) is 11.7. The maximum atomic E-state index is 9.40. The van der Waals surface area contributed by atoms with Gasteiger partial charge in [0.2, 0.25) is 0 Å². The molecule has 108 valence electrons. The van der Waals surface area contributed by atoms with Gasteiger partial charge in [0.25, 0.3) is 0 Å². The van der Waals surface area contributed by atoms with E-state index in [0.717, 1.165) is 21.8 Å². The molecule has 0 bridgehead atoms. The van der Waals surface area contributed by atoms with Gasteiger partial charge in [-0.1, -0.05) is 19.1 Å². The molecule has 2 aromatic carbocycles. The highest BCUT2D eigenvalue weighted by Gasteiger charge is 2.12. The first-order chi connectivity index (χ1) is 10.1. The van der Waals surface area contributed by atoms with Crippen molar-refractivity contribution in [2.24, 2.45) is 0 Å². The Morgan fingerprint density at radius 1 is 1.19 bits per heavy atom. The largest absolute Gasteiger partial charge is 0.456 e. The zero-order chi connectivity index (χ0) is 15.4. The van der Waals surface area contributed by atoms with Crippen LogP contribution in [0.3, 0.4) is 0 Å². The van der Waals surface area contributed by atoms with Gasteiger partial charge in [0, 0.05) is 16.6 Å². The molecule has 2 N–H and O–H groups in total. The minimum absolute atomic E-state index is 0.572. The van der Waals surface area contributed by atoms with Gasteiger partial charge < -0.3 is 10.5 Å². The van der Waals surface area contributed by atoms with Crippen LogP contribution in [0.1, 0.15) is 23.6 Å². The molecule has 0 spiro atoms. The number of nitrogen functional groups attached to an aromatic ring is 1. The number of hydrogen-bond donors (Lipinski definition) is 1. The maximum absolute atomic E-state index is 9.40. The molecule has 0 heterocycles. The quantitative estimate of drug-likeness (QED) is 0.658. The predicted molar refractivity (Wildman–Crippen MR) is 88.0 cm³/mol. The van der Waals surface area contributed by atoms with E-state index in [1.807, 2.05) is 44.2 Å². The maximum Gasteiger partial charge on any atom is 0.146 e. The highest BCUT2D eigenvalue weighted by Crippen LogP contribution is 2.34. The second kappa shape index (κ2) is 6.55. The Balaban J connectivity index is 2.43. The van der Waals surface area contributed by atoms with Crippen molar-refractivity contribution in [2.45, 2.75) is 25.7 Å². The third-order valence-electron chi connectivity index (χ3n) is 3.18. The minimum Gasteiger partial charge on any atom is -0.456 e. The van der Waals surface area contributed by atoms with Gasteiger partial charge in [0.1, 0.15) is 23.1 Å². The number of nitriles is 1. The SMILES string of the molecule is CCSc1cccc(Oc2cc(N)c(C)cc2C)c1C#N. The van der Waals surface area contributed by atoms with E-state index in [9.17, 15) is 5.26 Å². The van der Waals surface area contributed by atoms with E-state index in [4.69, 9.17) is 10.5 Å². The lowest BCUT2D eigenvalue weighted by Gasteiger charge is -2.13. The molecule has 2 aromatic rings. The highest BCUT2D eigenvalue weighted by molar-refractivity contribution is 7.99. The number of ether oxygens (including phenoxy) is 1. The van der Waals surface area contributed by atoms with Crippen LogP contribution in [0, 0.1) is 25.2 Å². The van der Waals surface area contributed by atoms with Crippen molar-refractivity contribution < 1.29 is 4.74 Å². The van der Waals surface area contributed by atoms with Crippen LogP contribution in [-0.2, 0) is 0 Å². The standard InChI is InChI=1S/C17H18N2OS/c1-4-21-17-7-5-6-15(13(17)10-18)20-16-9-14(19)11(2)8-12(16)3/h5-9H,4,19H2,1-3H3. The Morgan fingerprint density at radius 2 is 1.95 bits per heavy atom. The lowest BCUT2D eigenvalue weighted by Crippen LogP contribution is -1.96. The second-order valence-corrected chi connectivity index (χ2v) is 6.06. The molecule has 0 radical (unpaired) electrons. The average Bonchev–Trinajstić information content (AvgIpc) is 2.45. The Hall–Kier alpha value is -2.12. The van der Waals surface area contributed by atoms with E-state index in [0.29, 0.717) is 22.7 Å². The van der Waals surface area contributed by atoms with E-state index >= 15 is 0 Å². The summed E-state index contributed by atoms with van der Waals surface area (Å²) in [5, 5.41) is 9.40. The Bertz CT molecular complexity index is 705. The third-order valence-corrected chi connectivity index (χ3v) is 4.12. The summed E-state index contributed by atoms with van der Waals surface area (Å²) in [6.07, 6.45) is 0. The fraction of sp³-hybridized carbons (Fsp3) is 0.235. The Morgan fingerprint density at radius 3 is 2.62 bits per heavy atom. The molecular weight excluding hydrogens is 280 g/mol. The monoisotopic (exact) mass is 298 g/mol. The van der Waals surface area contributed by atoms with Gasteiger partial charge in [0.05, 0.1) is 0 Å². The molecule has 0 aliphatic carbocycles. The number of hydrogen-bond acceptors (Lipinski definition) is 4. The fourth-order valence-electron chi connectivity index (χ4n) is 2.06. The molecule has 0 unspecified atom stereocenters. The molecular formula is C17H18N2OS. The van der Waals surface area contributed by atoms with Crippen molar-refractivity contribution in [3.8, 4) is 17.6 Å². The number of nitrogens with zero attached hydrogens (tertiary/aromatic N) is 1. The first kappa shape index (κ1) is 15.3. The van der Waals surface area contributed by atoms with E-state index in [2.05, 4.69) is 13.0 Å². The Labute approximate surface area is 129 Å². The summed E-state index contributed by atoms with van der Waals surface area (Å²) >= 11 is 1.63. The second-order valence-electron chi connectivity index (χ2n) is 4.75. The van der Waals surface area contributed by atoms with Crippen molar-refractivity contribution in [2.75, 3.05) is 11.5 Å². The first-order valence-corrected chi connectivity index (χ1v) is 7.75. The van der Waals surface area contributed by atoms with Crippen molar-refractivity contribution in [3.63, 3.8) is 0 Å². The number of nitrogens with two attached hydrogens (primary N) is 1. The molecule has 0 aliphatic rings. The van der Waals surface area contributed by atoms with Crippen molar-refractivity contribution in [1.29, 1.82) is 5.26 Å². The van der Waals surface area contributed by atoms with E-state index < -0.39 is 0 Å². The van der Waals surface area contributed by atoms with Crippen LogP contribution < -0.4 is 10.5 Å². The molecule has 0 fully saturated rings.